The minimum atomic E-state index is -0.128. The first-order chi connectivity index (χ1) is 6.97. The molecule has 15 heavy (non-hydrogen) atoms. The van der Waals surface area contributed by atoms with Crippen LogP contribution in [0.5, 0.6) is 0 Å². The summed E-state index contributed by atoms with van der Waals surface area (Å²) in [7, 11) is 3.76. The molecule has 0 aliphatic heterocycles. The second-order valence-corrected chi connectivity index (χ2v) is 4.07. The van der Waals surface area contributed by atoms with Gasteiger partial charge < -0.3 is 0 Å². The summed E-state index contributed by atoms with van der Waals surface area (Å²) in [6.07, 6.45) is 0. The largest absolute Gasteiger partial charge is 0.285 e. The van der Waals surface area contributed by atoms with Crippen LogP contribution in [0.15, 0.2) is 0 Å². The second-order valence-electron chi connectivity index (χ2n) is 3.69. The van der Waals surface area contributed by atoms with Gasteiger partial charge in [0.2, 0.25) is 0 Å². The van der Waals surface area contributed by atoms with E-state index >= 15 is 0 Å². The van der Waals surface area contributed by atoms with E-state index < -0.39 is 0 Å². The molecule has 1 aromatic heterocycles. The standard InChI is InChI=1S/C10H15ClN4/c1-7(5-12)14(3)6-9-10(11)8(2)13-15(9)4/h7H,6H2,1-4H3. The van der Waals surface area contributed by atoms with E-state index in [9.17, 15) is 0 Å². The maximum Gasteiger partial charge on any atom is 0.0950 e. The fourth-order valence-electron chi connectivity index (χ4n) is 1.32. The van der Waals surface area contributed by atoms with Gasteiger partial charge in [-0.05, 0) is 20.9 Å². The first kappa shape index (κ1) is 12.0. The van der Waals surface area contributed by atoms with Gasteiger partial charge in [-0.1, -0.05) is 11.6 Å². The molecule has 0 amide bonds. The lowest BCUT2D eigenvalue weighted by atomic mass is 10.3. The molecule has 82 valence electrons. The van der Waals surface area contributed by atoms with E-state index in [0.29, 0.717) is 11.6 Å². The molecule has 0 bridgehead atoms. The maximum absolute atomic E-state index is 8.78. The van der Waals surface area contributed by atoms with Crippen LogP contribution in [-0.4, -0.2) is 27.8 Å². The molecule has 0 radical (unpaired) electrons. The molecule has 1 unspecified atom stereocenters. The summed E-state index contributed by atoms with van der Waals surface area (Å²) in [5.41, 5.74) is 1.77. The van der Waals surface area contributed by atoms with Crippen molar-refractivity contribution < 1.29 is 0 Å². The smallest absolute Gasteiger partial charge is 0.0950 e. The van der Waals surface area contributed by atoms with Gasteiger partial charge in [-0.2, -0.15) is 10.4 Å². The van der Waals surface area contributed by atoms with Gasteiger partial charge in [0.1, 0.15) is 0 Å². The van der Waals surface area contributed by atoms with Gasteiger partial charge in [0.15, 0.2) is 0 Å². The van der Waals surface area contributed by atoms with Crippen LogP contribution in [0.4, 0.5) is 0 Å². The summed E-state index contributed by atoms with van der Waals surface area (Å²) < 4.78 is 1.76. The van der Waals surface area contributed by atoms with Crippen molar-refractivity contribution in [1.82, 2.24) is 14.7 Å². The normalized spacial score (nSPS) is 12.9. The fraction of sp³-hybridized carbons (Fsp3) is 0.600. The quantitative estimate of drug-likeness (QED) is 0.789. The van der Waals surface area contributed by atoms with E-state index in [0.717, 1.165) is 11.4 Å². The Hall–Kier alpha value is -1.05. The van der Waals surface area contributed by atoms with Crippen molar-refractivity contribution in [2.45, 2.75) is 26.4 Å². The minimum absolute atomic E-state index is 0.128. The number of rotatable bonds is 3. The van der Waals surface area contributed by atoms with Crippen LogP contribution in [0.1, 0.15) is 18.3 Å². The van der Waals surface area contributed by atoms with Crippen LogP contribution < -0.4 is 0 Å². The molecule has 1 heterocycles. The van der Waals surface area contributed by atoms with Crippen molar-refractivity contribution in [3.63, 3.8) is 0 Å². The maximum atomic E-state index is 8.78. The third-order valence-corrected chi connectivity index (χ3v) is 3.00. The number of hydrogen-bond donors (Lipinski definition) is 0. The van der Waals surface area contributed by atoms with Crippen LogP contribution >= 0.6 is 11.6 Å². The van der Waals surface area contributed by atoms with Gasteiger partial charge in [0.05, 0.1) is 28.5 Å². The summed E-state index contributed by atoms with van der Waals surface area (Å²) in [5, 5.41) is 13.7. The molecule has 0 fully saturated rings. The van der Waals surface area contributed by atoms with Crippen LogP contribution in [-0.2, 0) is 13.6 Å². The Balaban J connectivity index is 2.86. The molecule has 5 heteroatoms. The SMILES string of the molecule is Cc1nn(C)c(CN(C)C(C)C#N)c1Cl. The number of nitrogens with zero attached hydrogens (tertiary/aromatic N) is 4. The Morgan fingerprint density at radius 1 is 1.67 bits per heavy atom. The first-order valence-electron chi connectivity index (χ1n) is 4.75. The number of aromatic nitrogens is 2. The Bertz CT molecular complexity index is 391. The zero-order chi connectivity index (χ0) is 11.6. The number of halogens is 1. The number of hydrogen-bond acceptors (Lipinski definition) is 3. The molecular formula is C10H15ClN4. The molecular weight excluding hydrogens is 212 g/mol. The fourth-order valence-corrected chi connectivity index (χ4v) is 1.54. The van der Waals surface area contributed by atoms with E-state index in [1.165, 1.54) is 0 Å². The highest BCUT2D eigenvalue weighted by molar-refractivity contribution is 6.31. The van der Waals surface area contributed by atoms with Crippen molar-refractivity contribution >= 4 is 11.6 Å². The van der Waals surface area contributed by atoms with Gasteiger partial charge in [-0.3, -0.25) is 9.58 Å². The van der Waals surface area contributed by atoms with Crippen molar-refractivity contribution in [3.8, 4) is 6.07 Å². The molecule has 0 spiro atoms. The summed E-state index contributed by atoms with van der Waals surface area (Å²) >= 11 is 6.11. The molecule has 0 aromatic carbocycles. The monoisotopic (exact) mass is 226 g/mol. The van der Waals surface area contributed by atoms with Gasteiger partial charge in [-0.25, -0.2) is 0 Å². The van der Waals surface area contributed by atoms with Crippen LogP contribution in [0.25, 0.3) is 0 Å². The van der Waals surface area contributed by atoms with Crippen LogP contribution in [0.3, 0.4) is 0 Å². The predicted molar refractivity (Wildman–Crippen MR) is 59.5 cm³/mol. The molecule has 4 nitrogen and oxygen atoms in total. The zero-order valence-electron chi connectivity index (χ0n) is 9.45. The predicted octanol–water partition coefficient (Wildman–Crippen LogP) is 1.73. The number of aryl methyl sites for hydroxylation is 2. The van der Waals surface area contributed by atoms with E-state index in [-0.39, 0.29) is 6.04 Å². The van der Waals surface area contributed by atoms with E-state index in [1.54, 1.807) is 4.68 Å². The lowest BCUT2D eigenvalue weighted by Gasteiger charge is -2.18. The topological polar surface area (TPSA) is 44.9 Å². The Morgan fingerprint density at radius 2 is 2.27 bits per heavy atom. The molecule has 1 rings (SSSR count). The molecule has 0 saturated carbocycles. The van der Waals surface area contributed by atoms with Crippen molar-refractivity contribution in [1.29, 1.82) is 5.26 Å². The van der Waals surface area contributed by atoms with Crippen molar-refractivity contribution in [2.24, 2.45) is 7.05 Å². The zero-order valence-corrected chi connectivity index (χ0v) is 10.2. The summed E-state index contributed by atoms with van der Waals surface area (Å²) in [5.74, 6) is 0. The minimum Gasteiger partial charge on any atom is -0.285 e. The van der Waals surface area contributed by atoms with Gasteiger partial charge in [0.25, 0.3) is 0 Å². The Kier molecular flexibility index (Phi) is 3.72. The average molecular weight is 227 g/mol. The highest BCUT2D eigenvalue weighted by Gasteiger charge is 2.15. The van der Waals surface area contributed by atoms with Crippen LogP contribution in [0, 0.1) is 18.3 Å². The van der Waals surface area contributed by atoms with E-state index in [1.807, 2.05) is 32.8 Å². The van der Waals surface area contributed by atoms with Crippen molar-refractivity contribution in [3.05, 3.63) is 16.4 Å². The molecule has 0 aliphatic carbocycles. The van der Waals surface area contributed by atoms with Gasteiger partial charge in [0, 0.05) is 13.6 Å². The molecule has 0 N–H and O–H groups in total. The van der Waals surface area contributed by atoms with Crippen molar-refractivity contribution in [2.75, 3.05) is 7.05 Å². The van der Waals surface area contributed by atoms with Gasteiger partial charge >= 0.3 is 0 Å². The van der Waals surface area contributed by atoms with Crippen LogP contribution in [0.2, 0.25) is 5.02 Å². The van der Waals surface area contributed by atoms with Gasteiger partial charge in [-0.15, -0.1) is 0 Å². The highest BCUT2D eigenvalue weighted by Crippen LogP contribution is 2.20. The van der Waals surface area contributed by atoms with E-state index in [4.69, 9.17) is 16.9 Å². The molecule has 1 aromatic rings. The lowest BCUT2D eigenvalue weighted by molar-refractivity contribution is 0.286. The second kappa shape index (κ2) is 4.65. The lowest BCUT2D eigenvalue weighted by Crippen LogP contribution is -2.28. The highest BCUT2D eigenvalue weighted by atomic mass is 35.5. The molecule has 1 atom stereocenters. The summed E-state index contributed by atoms with van der Waals surface area (Å²) in [6, 6.07) is 2.06. The average Bonchev–Trinajstić information content (AvgIpc) is 2.43. The molecule has 0 aliphatic rings. The molecule has 0 saturated heterocycles. The summed E-state index contributed by atoms with van der Waals surface area (Å²) in [6.45, 7) is 4.36. The Morgan fingerprint density at radius 3 is 2.67 bits per heavy atom. The first-order valence-corrected chi connectivity index (χ1v) is 5.13. The number of nitriles is 1. The third kappa shape index (κ3) is 2.49. The third-order valence-electron chi connectivity index (χ3n) is 2.51. The summed E-state index contributed by atoms with van der Waals surface area (Å²) in [4.78, 5) is 1.93. The van der Waals surface area contributed by atoms with E-state index in [2.05, 4.69) is 11.2 Å². The Labute approximate surface area is 95.0 Å².